The van der Waals surface area contributed by atoms with Crippen molar-refractivity contribution in [3.63, 3.8) is 0 Å². The van der Waals surface area contributed by atoms with Gasteiger partial charge in [-0.15, -0.1) is 0 Å². The molecule has 39 heavy (non-hydrogen) atoms. The number of aliphatic hydroxyl groups is 1. The minimum Gasteiger partial charge on any atom is -0.388 e. The Bertz CT molecular complexity index is 1470. The highest BCUT2D eigenvalue weighted by atomic mass is 35.5. The predicted octanol–water partition coefficient (Wildman–Crippen LogP) is 6.22. The Labute approximate surface area is 234 Å². The van der Waals surface area contributed by atoms with Crippen LogP contribution in [-0.4, -0.2) is 58.2 Å². The lowest BCUT2D eigenvalue weighted by Gasteiger charge is -2.35. The maximum atomic E-state index is 14.0. The third kappa shape index (κ3) is 4.83. The molecule has 0 radical (unpaired) electrons. The topological polar surface area (TPSA) is 71.8 Å². The van der Waals surface area contributed by atoms with Gasteiger partial charge in [-0.3, -0.25) is 9.59 Å². The van der Waals surface area contributed by atoms with E-state index in [1.54, 1.807) is 0 Å². The van der Waals surface area contributed by atoms with Crippen molar-refractivity contribution >= 4 is 40.3 Å². The number of hydrogen-bond donors (Lipinski definition) is 1. The van der Waals surface area contributed by atoms with Crippen LogP contribution in [0.1, 0.15) is 73.4 Å². The van der Waals surface area contributed by atoms with Gasteiger partial charge in [-0.1, -0.05) is 49.1 Å². The molecule has 2 aliphatic heterocycles. The number of nitrogens with zero attached hydrogens (tertiary/aromatic N) is 2. The molecular weight excluding hydrogens is 512 g/mol. The highest BCUT2D eigenvalue weighted by Gasteiger charge is 2.33. The van der Waals surface area contributed by atoms with Crippen molar-refractivity contribution in [1.29, 1.82) is 0 Å². The molecule has 6 nitrogen and oxygen atoms in total. The van der Waals surface area contributed by atoms with Gasteiger partial charge in [-0.2, -0.15) is 0 Å². The van der Waals surface area contributed by atoms with Crippen molar-refractivity contribution in [1.82, 2.24) is 9.47 Å². The average Bonchev–Trinajstić information content (AvgIpc) is 3.14. The average molecular weight is 547 g/mol. The first kappa shape index (κ1) is 26.3. The molecule has 0 bridgehead atoms. The van der Waals surface area contributed by atoms with Crippen molar-refractivity contribution < 1.29 is 19.4 Å². The van der Waals surface area contributed by atoms with Gasteiger partial charge in [0.1, 0.15) is 6.61 Å². The molecule has 6 rings (SSSR count). The molecule has 7 heteroatoms. The van der Waals surface area contributed by atoms with E-state index in [1.807, 2.05) is 55.2 Å². The Morgan fingerprint density at radius 1 is 1.03 bits per heavy atom. The zero-order valence-electron chi connectivity index (χ0n) is 22.6. The van der Waals surface area contributed by atoms with Crippen LogP contribution in [-0.2, 0) is 16.1 Å². The van der Waals surface area contributed by atoms with Gasteiger partial charge >= 0.3 is 0 Å². The zero-order chi connectivity index (χ0) is 27.3. The Hall–Kier alpha value is -2.93. The fourth-order valence-corrected chi connectivity index (χ4v) is 7.03. The van der Waals surface area contributed by atoms with Gasteiger partial charge in [0.15, 0.2) is 5.78 Å². The second kappa shape index (κ2) is 10.6. The van der Waals surface area contributed by atoms with Crippen LogP contribution in [0.25, 0.3) is 28.2 Å². The molecule has 1 aliphatic carbocycles. The van der Waals surface area contributed by atoms with E-state index >= 15 is 0 Å². The van der Waals surface area contributed by atoms with Crippen LogP contribution >= 0.6 is 11.6 Å². The van der Waals surface area contributed by atoms with Gasteiger partial charge in [0.2, 0.25) is 0 Å². The molecule has 1 aromatic heterocycles. The Balaban J connectivity index is 1.57. The number of rotatable bonds is 4. The molecule has 1 amide bonds. The first-order valence-electron chi connectivity index (χ1n) is 14.1. The molecule has 1 N–H and O–H groups in total. The van der Waals surface area contributed by atoms with Crippen LogP contribution in [0.5, 0.6) is 0 Å². The van der Waals surface area contributed by atoms with Gasteiger partial charge in [-0.05, 0) is 68.0 Å². The molecule has 3 aliphatic rings. The van der Waals surface area contributed by atoms with E-state index < -0.39 is 6.61 Å². The van der Waals surface area contributed by atoms with Crippen molar-refractivity contribution in [3.8, 4) is 11.3 Å². The number of morpholine rings is 1. The smallest absolute Gasteiger partial charge is 0.251 e. The molecule has 1 saturated heterocycles. The number of aliphatic hydroxyl groups excluding tert-OH is 1. The summed E-state index contributed by atoms with van der Waals surface area (Å²) in [5.74, 6) is 0.0913. The lowest BCUT2D eigenvalue weighted by Crippen LogP contribution is -2.48. The summed E-state index contributed by atoms with van der Waals surface area (Å²) in [5.41, 5.74) is 6.49. The van der Waals surface area contributed by atoms with Gasteiger partial charge in [0.05, 0.1) is 24.4 Å². The van der Waals surface area contributed by atoms with E-state index in [2.05, 4.69) is 10.6 Å². The molecule has 1 saturated carbocycles. The lowest BCUT2D eigenvalue weighted by molar-refractivity contribution is -0.139. The number of amides is 1. The number of hydrogen-bond acceptors (Lipinski definition) is 4. The van der Waals surface area contributed by atoms with E-state index in [4.69, 9.17) is 16.3 Å². The molecule has 0 unspecified atom stereocenters. The number of aromatic nitrogens is 1. The fourth-order valence-electron chi connectivity index (χ4n) is 6.85. The van der Waals surface area contributed by atoms with Crippen molar-refractivity contribution in [3.05, 3.63) is 63.7 Å². The number of carbonyl (C=O) groups is 2. The summed E-state index contributed by atoms with van der Waals surface area (Å²) in [4.78, 5) is 28.5. The molecule has 204 valence electrons. The molecule has 3 aromatic rings. The van der Waals surface area contributed by atoms with Gasteiger partial charge < -0.3 is 19.3 Å². The van der Waals surface area contributed by atoms with Crippen LogP contribution in [0.2, 0.25) is 5.02 Å². The summed E-state index contributed by atoms with van der Waals surface area (Å²) in [6.45, 7) is 4.95. The highest BCUT2D eigenvalue weighted by Crippen LogP contribution is 2.47. The van der Waals surface area contributed by atoms with Crippen LogP contribution in [0.3, 0.4) is 0 Å². The van der Waals surface area contributed by atoms with Gasteiger partial charge in [0, 0.05) is 45.7 Å². The van der Waals surface area contributed by atoms with E-state index in [1.165, 1.54) is 24.8 Å². The molecular formula is C32H35ClN2O4. The standard InChI is InChI=1S/C32H35ClN2O4/c1-19-15-34(16-20(2)39-19)32(38)24-12-23-13-25(33)9-11-26(23)31-30(21-6-4-3-5-7-21)27-10-8-22(29(37)18-36)14-28(27)35(31)17-24/h8-14,19-21,36H,3-7,15-18H2,1-2H3/t19-,20+. The van der Waals surface area contributed by atoms with Crippen LogP contribution in [0.4, 0.5) is 0 Å². The number of ether oxygens (including phenoxy) is 1. The summed E-state index contributed by atoms with van der Waals surface area (Å²) in [7, 11) is 0. The molecule has 2 fully saturated rings. The van der Waals surface area contributed by atoms with E-state index in [9.17, 15) is 14.7 Å². The Kier molecular flexibility index (Phi) is 7.13. The largest absolute Gasteiger partial charge is 0.388 e. The number of ketones is 1. The van der Waals surface area contributed by atoms with Crippen LogP contribution in [0.15, 0.2) is 42.0 Å². The minimum absolute atomic E-state index is 0.000527. The van der Waals surface area contributed by atoms with Gasteiger partial charge in [0.25, 0.3) is 5.91 Å². The second-order valence-corrected chi connectivity index (χ2v) is 11.8. The first-order valence-corrected chi connectivity index (χ1v) is 14.5. The summed E-state index contributed by atoms with van der Waals surface area (Å²) in [6, 6.07) is 11.7. The molecule has 2 aromatic carbocycles. The lowest BCUT2D eigenvalue weighted by atomic mass is 9.81. The van der Waals surface area contributed by atoms with Gasteiger partial charge in [-0.25, -0.2) is 0 Å². The van der Waals surface area contributed by atoms with E-state index in [-0.39, 0.29) is 23.9 Å². The minimum atomic E-state index is -0.535. The fraction of sp³-hybridized carbons (Fsp3) is 0.438. The third-order valence-corrected chi connectivity index (χ3v) is 8.73. The summed E-state index contributed by atoms with van der Waals surface area (Å²) in [5, 5.41) is 11.3. The third-order valence-electron chi connectivity index (χ3n) is 8.49. The number of halogens is 1. The van der Waals surface area contributed by atoms with Crippen molar-refractivity contribution in [2.24, 2.45) is 0 Å². The molecule has 2 atom stereocenters. The van der Waals surface area contributed by atoms with Crippen molar-refractivity contribution in [2.75, 3.05) is 19.7 Å². The summed E-state index contributed by atoms with van der Waals surface area (Å²) in [6.07, 6.45) is 7.83. The maximum Gasteiger partial charge on any atom is 0.251 e. The van der Waals surface area contributed by atoms with Crippen LogP contribution < -0.4 is 0 Å². The molecule has 0 spiro atoms. The van der Waals surface area contributed by atoms with Crippen molar-refractivity contribution in [2.45, 2.75) is 70.6 Å². The number of fused-ring (bicyclic) bond motifs is 5. The Morgan fingerprint density at radius 2 is 1.77 bits per heavy atom. The number of Topliss-reactive ketones (excluding diaryl/α,β-unsaturated/α-hetero) is 1. The van der Waals surface area contributed by atoms with Crippen LogP contribution in [0, 0.1) is 0 Å². The predicted molar refractivity (Wildman–Crippen MR) is 154 cm³/mol. The Morgan fingerprint density at radius 3 is 2.49 bits per heavy atom. The summed E-state index contributed by atoms with van der Waals surface area (Å²) < 4.78 is 8.12. The maximum absolute atomic E-state index is 14.0. The summed E-state index contributed by atoms with van der Waals surface area (Å²) >= 11 is 6.50. The monoisotopic (exact) mass is 546 g/mol. The number of benzene rings is 2. The number of carbonyl (C=O) groups excluding carboxylic acids is 2. The molecule has 3 heterocycles. The van der Waals surface area contributed by atoms with E-state index in [0.29, 0.717) is 41.7 Å². The van der Waals surface area contributed by atoms with E-state index in [0.717, 1.165) is 40.6 Å². The zero-order valence-corrected chi connectivity index (χ0v) is 23.3. The highest BCUT2D eigenvalue weighted by molar-refractivity contribution is 6.31. The quantitative estimate of drug-likeness (QED) is 0.394. The second-order valence-electron chi connectivity index (χ2n) is 11.4. The first-order chi connectivity index (χ1) is 18.8. The normalized spacial score (nSPS) is 21.7. The SMILES string of the molecule is C[C@@H]1CN(C(=O)C2=Cc3cc(Cl)ccc3-c3c(C4CCCCC4)c4ccc(C(=O)CO)cc4n3C2)C[C@H](C)O1.